The molecule has 0 saturated heterocycles. The highest BCUT2D eigenvalue weighted by atomic mass is 16.4. The number of anilines is 1. The fourth-order valence-electron chi connectivity index (χ4n) is 2.58. The molecule has 1 heterocycles. The van der Waals surface area contributed by atoms with E-state index in [1.165, 1.54) is 16.7 Å². The Morgan fingerprint density at radius 1 is 1.00 bits per heavy atom. The second-order valence-corrected chi connectivity index (χ2v) is 5.68. The van der Waals surface area contributed by atoms with Crippen molar-refractivity contribution in [2.75, 3.05) is 5.32 Å². The number of hydrogen-bond donors (Lipinski definition) is 1. The van der Waals surface area contributed by atoms with Gasteiger partial charge in [-0.15, -0.1) is 10.2 Å². The summed E-state index contributed by atoms with van der Waals surface area (Å²) in [4.78, 5) is 0. The Hall–Kier alpha value is -2.62. The van der Waals surface area contributed by atoms with Gasteiger partial charge >= 0.3 is 0 Å². The maximum Gasteiger partial charge on any atom is 0.247 e. The maximum absolute atomic E-state index is 5.76. The lowest BCUT2D eigenvalue weighted by Gasteiger charge is -2.12. The molecule has 0 saturated carbocycles. The molecule has 3 aromatic rings. The summed E-state index contributed by atoms with van der Waals surface area (Å²) in [5.41, 5.74) is 5.83. The van der Waals surface area contributed by atoms with Crippen LogP contribution in [0.5, 0.6) is 0 Å². The van der Waals surface area contributed by atoms with Crippen LogP contribution in [-0.2, 0) is 13.0 Å². The van der Waals surface area contributed by atoms with Gasteiger partial charge in [-0.05, 0) is 43.5 Å². The molecule has 0 unspecified atom stereocenters. The zero-order valence-electron chi connectivity index (χ0n) is 13.8. The molecule has 4 heteroatoms. The van der Waals surface area contributed by atoms with Gasteiger partial charge in [0, 0.05) is 11.3 Å². The van der Waals surface area contributed by atoms with E-state index in [-0.39, 0.29) is 0 Å². The maximum atomic E-state index is 5.76. The molecular formula is C19H21N3O. The van der Waals surface area contributed by atoms with Crippen LogP contribution >= 0.6 is 0 Å². The lowest BCUT2D eigenvalue weighted by molar-refractivity contribution is 0.515. The third-order valence-electron chi connectivity index (χ3n) is 3.92. The predicted molar refractivity (Wildman–Crippen MR) is 92.4 cm³/mol. The first-order chi connectivity index (χ1) is 11.2. The van der Waals surface area contributed by atoms with Gasteiger partial charge in [-0.3, -0.25) is 0 Å². The van der Waals surface area contributed by atoms with Gasteiger partial charge in [0.25, 0.3) is 0 Å². The third kappa shape index (κ3) is 3.42. The molecule has 23 heavy (non-hydrogen) atoms. The Balaban J connectivity index is 1.74. The number of rotatable bonds is 5. The van der Waals surface area contributed by atoms with Crippen LogP contribution < -0.4 is 5.32 Å². The van der Waals surface area contributed by atoms with Crippen LogP contribution in [0.1, 0.15) is 29.5 Å². The molecular weight excluding hydrogens is 286 g/mol. The fraction of sp³-hybridized carbons (Fsp3) is 0.263. The lowest BCUT2D eigenvalue weighted by Crippen LogP contribution is -2.04. The van der Waals surface area contributed by atoms with Crippen LogP contribution in [0.4, 0.5) is 5.69 Å². The van der Waals surface area contributed by atoms with E-state index in [9.17, 15) is 0 Å². The van der Waals surface area contributed by atoms with E-state index >= 15 is 0 Å². The summed E-state index contributed by atoms with van der Waals surface area (Å²) >= 11 is 0. The van der Waals surface area contributed by atoms with Gasteiger partial charge in [0.2, 0.25) is 11.8 Å². The number of aryl methyl sites for hydroxylation is 3. The molecule has 0 fully saturated rings. The summed E-state index contributed by atoms with van der Waals surface area (Å²) in [6, 6.07) is 14.4. The summed E-state index contributed by atoms with van der Waals surface area (Å²) < 4.78 is 5.76. The van der Waals surface area contributed by atoms with Crippen molar-refractivity contribution in [1.29, 1.82) is 0 Å². The van der Waals surface area contributed by atoms with Crippen molar-refractivity contribution < 1.29 is 4.42 Å². The molecule has 4 nitrogen and oxygen atoms in total. The Bertz CT molecular complexity index is 791. The molecule has 1 aromatic heterocycles. The van der Waals surface area contributed by atoms with Crippen molar-refractivity contribution in [2.45, 2.75) is 33.7 Å². The van der Waals surface area contributed by atoms with E-state index in [0.29, 0.717) is 18.3 Å². The van der Waals surface area contributed by atoms with Gasteiger partial charge < -0.3 is 9.73 Å². The van der Waals surface area contributed by atoms with E-state index in [0.717, 1.165) is 17.7 Å². The standard InChI is InChI=1S/C19H21N3O/c1-4-15-7-5-6-14(3)18(15)20-12-17-21-22-19(23-17)16-10-8-13(2)9-11-16/h5-11,20H,4,12H2,1-3H3. The van der Waals surface area contributed by atoms with Crippen LogP contribution in [0.15, 0.2) is 46.9 Å². The van der Waals surface area contributed by atoms with E-state index in [1.54, 1.807) is 0 Å². The second kappa shape index (κ2) is 6.65. The molecule has 0 spiro atoms. The summed E-state index contributed by atoms with van der Waals surface area (Å²) in [6.45, 7) is 6.84. The zero-order valence-corrected chi connectivity index (χ0v) is 13.8. The van der Waals surface area contributed by atoms with E-state index in [2.05, 4.69) is 54.5 Å². The lowest BCUT2D eigenvalue weighted by atomic mass is 10.1. The molecule has 3 rings (SSSR count). The monoisotopic (exact) mass is 307 g/mol. The highest BCUT2D eigenvalue weighted by molar-refractivity contribution is 5.57. The molecule has 0 aliphatic rings. The quantitative estimate of drug-likeness (QED) is 0.752. The predicted octanol–water partition coefficient (Wildman–Crippen LogP) is 4.53. The van der Waals surface area contributed by atoms with Gasteiger partial charge in [0.15, 0.2) is 0 Å². The van der Waals surface area contributed by atoms with Gasteiger partial charge in [-0.1, -0.05) is 42.8 Å². The third-order valence-corrected chi connectivity index (χ3v) is 3.92. The minimum absolute atomic E-state index is 0.525. The first-order valence-corrected chi connectivity index (χ1v) is 7.89. The Morgan fingerprint density at radius 3 is 2.52 bits per heavy atom. The molecule has 0 aliphatic carbocycles. The summed E-state index contributed by atoms with van der Waals surface area (Å²) in [5, 5.41) is 11.7. The first-order valence-electron chi connectivity index (χ1n) is 7.89. The molecule has 2 aromatic carbocycles. The van der Waals surface area contributed by atoms with Gasteiger partial charge in [0.05, 0.1) is 6.54 Å². The smallest absolute Gasteiger partial charge is 0.247 e. The van der Waals surface area contributed by atoms with E-state index in [4.69, 9.17) is 4.42 Å². The summed E-state index contributed by atoms with van der Waals surface area (Å²) in [7, 11) is 0. The Kier molecular flexibility index (Phi) is 4.42. The molecule has 118 valence electrons. The number of nitrogens with zero attached hydrogens (tertiary/aromatic N) is 2. The second-order valence-electron chi connectivity index (χ2n) is 5.68. The van der Waals surface area contributed by atoms with E-state index < -0.39 is 0 Å². The minimum Gasteiger partial charge on any atom is -0.419 e. The SMILES string of the molecule is CCc1cccc(C)c1NCc1nnc(-c2ccc(C)cc2)o1. The van der Waals surface area contributed by atoms with Gasteiger partial charge in [0.1, 0.15) is 0 Å². The minimum atomic E-state index is 0.525. The number of benzene rings is 2. The zero-order chi connectivity index (χ0) is 16.2. The van der Waals surface area contributed by atoms with Crippen molar-refractivity contribution in [2.24, 2.45) is 0 Å². The highest BCUT2D eigenvalue weighted by Gasteiger charge is 2.10. The first kappa shape index (κ1) is 15.3. The number of hydrogen-bond acceptors (Lipinski definition) is 4. The van der Waals surface area contributed by atoms with Crippen molar-refractivity contribution >= 4 is 5.69 Å². The van der Waals surface area contributed by atoms with Crippen LogP contribution in [0, 0.1) is 13.8 Å². The van der Waals surface area contributed by atoms with Gasteiger partial charge in [-0.25, -0.2) is 0 Å². The largest absolute Gasteiger partial charge is 0.419 e. The summed E-state index contributed by atoms with van der Waals surface area (Å²) in [6.07, 6.45) is 0.989. The Morgan fingerprint density at radius 2 is 1.78 bits per heavy atom. The van der Waals surface area contributed by atoms with Crippen molar-refractivity contribution in [1.82, 2.24) is 10.2 Å². The average Bonchev–Trinajstić information content (AvgIpc) is 3.03. The number of para-hydroxylation sites is 1. The number of aromatic nitrogens is 2. The number of nitrogens with one attached hydrogen (secondary N) is 1. The summed E-state index contributed by atoms with van der Waals surface area (Å²) in [5.74, 6) is 1.15. The van der Waals surface area contributed by atoms with Crippen LogP contribution in [0.2, 0.25) is 0 Å². The molecule has 0 radical (unpaired) electrons. The highest BCUT2D eigenvalue weighted by Crippen LogP contribution is 2.23. The molecule has 0 atom stereocenters. The van der Waals surface area contributed by atoms with Crippen molar-refractivity contribution in [3.63, 3.8) is 0 Å². The van der Waals surface area contributed by atoms with Crippen molar-refractivity contribution in [3.8, 4) is 11.5 Å². The molecule has 0 amide bonds. The topological polar surface area (TPSA) is 51.0 Å². The van der Waals surface area contributed by atoms with Crippen LogP contribution in [0.3, 0.4) is 0 Å². The molecule has 0 aliphatic heterocycles. The normalized spacial score (nSPS) is 10.7. The van der Waals surface area contributed by atoms with Crippen LogP contribution in [-0.4, -0.2) is 10.2 Å². The van der Waals surface area contributed by atoms with E-state index in [1.807, 2.05) is 24.3 Å². The molecule has 1 N–H and O–H groups in total. The Labute approximate surface area is 136 Å². The van der Waals surface area contributed by atoms with Gasteiger partial charge in [-0.2, -0.15) is 0 Å². The average molecular weight is 307 g/mol. The fourth-order valence-corrected chi connectivity index (χ4v) is 2.58. The molecule has 0 bridgehead atoms. The van der Waals surface area contributed by atoms with Crippen molar-refractivity contribution in [3.05, 3.63) is 65.0 Å². The van der Waals surface area contributed by atoms with Crippen LogP contribution in [0.25, 0.3) is 11.5 Å².